The molecule has 10 rings (SSSR count). The highest BCUT2D eigenvalue weighted by molar-refractivity contribution is 7.26. The summed E-state index contributed by atoms with van der Waals surface area (Å²) in [6.07, 6.45) is 7.21. The molecule has 236 valence electrons. The smallest absolute Gasteiger partial charge is 0.164 e. The molecular formula is C45H30N4S. The maximum atomic E-state index is 4.95. The Labute approximate surface area is 294 Å². The molecule has 1 aliphatic carbocycles. The second-order valence-electron chi connectivity index (χ2n) is 12.8. The minimum Gasteiger partial charge on any atom is -0.333 e. The van der Waals surface area contributed by atoms with Crippen LogP contribution in [-0.4, -0.2) is 21.0 Å². The van der Waals surface area contributed by atoms with Crippen LogP contribution in [0.4, 0.5) is 11.4 Å². The molecule has 2 atom stereocenters. The molecule has 6 aromatic carbocycles. The molecule has 1 aliphatic heterocycles. The number of anilines is 2. The molecule has 50 heavy (non-hydrogen) atoms. The predicted octanol–water partition coefficient (Wildman–Crippen LogP) is 11.5. The van der Waals surface area contributed by atoms with E-state index in [2.05, 4.69) is 114 Å². The standard InChI is InChI=1S/C45H30N4S/c1-3-12-29(13-4-1)43-46-44(30-14-5-2-6-15-30)48-45(47-43)31-22-25-33(26-23-31)49-39-20-9-7-16-35(39)38-28-32(24-27-40(38)49)34-18-11-19-37-36-17-8-10-21-41(36)50-42(34)37/h1-28,38,40H. The van der Waals surface area contributed by atoms with Gasteiger partial charge in [0.15, 0.2) is 17.5 Å². The third kappa shape index (κ3) is 4.78. The van der Waals surface area contributed by atoms with Gasteiger partial charge in [-0.2, -0.15) is 0 Å². The van der Waals surface area contributed by atoms with Gasteiger partial charge in [-0.3, -0.25) is 0 Å². The van der Waals surface area contributed by atoms with Gasteiger partial charge < -0.3 is 4.90 Å². The predicted molar refractivity (Wildman–Crippen MR) is 208 cm³/mol. The van der Waals surface area contributed by atoms with Crippen LogP contribution in [0.25, 0.3) is 59.9 Å². The van der Waals surface area contributed by atoms with E-state index in [-0.39, 0.29) is 12.0 Å². The van der Waals surface area contributed by atoms with Crippen molar-refractivity contribution in [2.45, 2.75) is 12.0 Å². The summed E-state index contributed by atoms with van der Waals surface area (Å²) in [5.74, 6) is 2.22. The van der Waals surface area contributed by atoms with Crippen molar-refractivity contribution in [1.82, 2.24) is 15.0 Å². The van der Waals surface area contributed by atoms with Gasteiger partial charge in [0.1, 0.15) is 0 Å². The average Bonchev–Trinajstić information content (AvgIpc) is 3.74. The van der Waals surface area contributed by atoms with Crippen molar-refractivity contribution in [2.75, 3.05) is 4.90 Å². The van der Waals surface area contributed by atoms with Crippen LogP contribution in [0.3, 0.4) is 0 Å². The van der Waals surface area contributed by atoms with Gasteiger partial charge in [-0.05, 0) is 53.1 Å². The Balaban J connectivity index is 1.02. The first-order chi connectivity index (χ1) is 24.8. The van der Waals surface area contributed by atoms with E-state index in [1.54, 1.807) is 0 Å². The summed E-state index contributed by atoms with van der Waals surface area (Å²) in [6, 6.07) is 53.4. The van der Waals surface area contributed by atoms with E-state index in [1.807, 2.05) is 72.0 Å². The molecule has 0 fully saturated rings. The number of allylic oxidation sites excluding steroid dienone is 2. The minimum absolute atomic E-state index is 0.176. The van der Waals surface area contributed by atoms with Crippen molar-refractivity contribution in [3.05, 3.63) is 181 Å². The largest absolute Gasteiger partial charge is 0.333 e. The van der Waals surface area contributed by atoms with Crippen LogP contribution < -0.4 is 4.90 Å². The lowest BCUT2D eigenvalue weighted by atomic mass is 9.86. The molecule has 0 radical (unpaired) electrons. The first-order valence-electron chi connectivity index (χ1n) is 16.9. The van der Waals surface area contributed by atoms with E-state index >= 15 is 0 Å². The summed E-state index contributed by atoms with van der Waals surface area (Å²) in [4.78, 5) is 17.2. The molecule has 0 spiro atoms. The molecular weight excluding hydrogens is 629 g/mol. The van der Waals surface area contributed by atoms with E-state index < -0.39 is 0 Å². The molecule has 3 heterocycles. The van der Waals surface area contributed by atoms with Gasteiger partial charge in [0.05, 0.1) is 6.04 Å². The fourth-order valence-electron chi connectivity index (χ4n) is 7.51. The number of fused-ring (bicyclic) bond motifs is 6. The third-order valence-electron chi connectivity index (χ3n) is 9.87. The molecule has 0 N–H and O–H groups in total. The molecule has 2 aliphatic rings. The lowest BCUT2D eigenvalue weighted by Crippen LogP contribution is -2.28. The van der Waals surface area contributed by atoms with Crippen LogP contribution in [0, 0.1) is 0 Å². The van der Waals surface area contributed by atoms with Crippen LogP contribution in [0.2, 0.25) is 0 Å². The van der Waals surface area contributed by atoms with Crippen molar-refractivity contribution in [1.29, 1.82) is 0 Å². The van der Waals surface area contributed by atoms with Crippen molar-refractivity contribution in [2.24, 2.45) is 0 Å². The van der Waals surface area contributed by atoms with Gasteiger partial charge in [0.25, 0.3) is 0 Å². The quantitative estimate of drug-likeness (QED) is 0.185. The molecule has 4 nitrogen and oxygen atoms in total. The average molecular weight is 659 g/mol. The molecule has 0 amide bonds. The van der Waals surface area contributed by atoms with Crippen molar-refractivity contribution in [3.8, 4) is 34.2 Å². The zero-order valence-electron chi connectivity index (χ0n) is 27.0. The molecule has 0 saturated heterocycles. The Morgan fingerprint density at radius 1 is 0.520 bits per heavy atom. The monoisotopic (exact) mass is 658 g/mol. The summed E-state index contributed by atoms with van der Waals surface area (Å²) in [5.41, 5.74) is 9.21. The SMILES string of the molecule is C1=CC2C(C=C1c1cccc3c1sc1ccccc13)c1ccccc1N2c1ccc(-c2nc(-c3ccccc3)nc(-c3ccccc3)n2)cc1. The maximum Gasteiger partial charge on any atom is 0.164 e. The molecule has 0 saturated carbocycles. The fraction of sp³-hybridized carbons (Fsp3) is 0.0444. The first kappa shape index (κ1) is 28.8. The van der Waals surface area contributed by atoms with Crippen LogP contribution in [0.15, 0.2) is 170 Å². The third-order valence-corrected chi connectivity index (χ3v) is 11.1. The molecule has 0 bridgehead atoms. The van der Waals surface area contributed by atoms with Crippen LogP contribution in [-0.2, 0) is 0 Å². The highest BCUT2D eigenvalue weighted by Crippen LogP contribution is 2.50. The summed E-state index contributed by atoms with van der Waals surface area (Å²) in [6.45, 7) is 0. The second-order valence-corrected chi connectivity index (χ2v) is 13.8. The van der Waals surface area contributed by atoms with Gasteiger partial charge in [-0.25, -0.2) is 15.0 Å². The number of hydrogen-bond donors (Lipinski definition) is 0. The fourth-order valence-corrected chi connectivity index (χ4v) is 8.75. The first-order valence-corrected chi connectivity index (χ1v) is 17.8. The summed E-state index contributed by atoms with van der Waals surface area (Å²) in [7, 11) is 0. The van der Waals surface area contributed by atoms with Crippen molar-refractivity contribution >= 4 is 48.5 Å². The van der Waals surface area contributed by atoms with Gasteiger partial charge in [0.2, 0.25) is 0 Å². The van der Waals surface area contributed by atoms with Crippen LogP contribution >= 0.6 is 11.3 Å². The number of nitrogens with zero attached hydrogens (tertiary/aromatic N) is 4. The zero-order valence-corrected chi connectivity index (χ0v) is 27.8. The van der Waals surface area contributed by atoms with Crippen molar-refractivity contribution in [3.63, 3.8) is 0 Å². The Morgan fingerprint density at radius 3 is 1.84 bits per heavy atom. The summed E-state index contributed by atoms with van der Waals surface area (Å²) < 4.78 is 2.68. The van der Waals surface area contributed by atoms with E-state index in [0.29, 0.717) is 17.5 Å². The number of para-hydroxylation sites is 1. The topological polar surface area (TPSA) is 41.9 Å². The Kier molecular flexibility index (Phi) is 6.78. The van der Waals surface area contributed by atoms with Crippen LogP contribution in [0.5, 0.6) is 0 Å². The van der Waals surface area contributed by atoms with E-state index in [9.17, 15) is 0 Å². The maximum absolute atomic E-state index is 4.95. The van der Waals surface area contributed by atoms with E-state index in [0.717, 1.165) is 22.4 Å². The molecule has 2 unspecified atom stereocenters. The van der Waals surface area contributed by atoms with Crippen LogP contribution in [0.1, 0.15) is 17.0 Å². The molecule has 5 heteroatoms. The normalized spacial score (nSPS) is 16.4. The Hall–Kier alpha value is -6.17. The molecule has 2 aromatic heterocycles. The van der Waals surface area contributed by atoms with E-state index in [1.165, 1.54) is 42.6 Å². The summed E-state index contributed by atoms with van der Waals surface area (Å²) in [5, 5.41) is 2.66. The van der Waals surface area contributed by atoms with Gasteiger partial charge in [-0.1, -0.05) is 133 Å². The Morgan fingerprint density at radius 2 is 1.12 bits per heavy atom. The minimum atomic E-state index is 0.176. The van der Waals surface area contributed by atoms with Gasteiger partial charge in [0, 0.05) is 54.2 Å². The Bertz CT molecular complexity index is 2550. The molecule has 8 aromatic rings. The number of benzene rings is 6. The van der Waals surface area contributed by atoms with Crippen molar-refractivity contribution < 1.29 is 0 Å². The number of thiophene rings is 1. The lowest BCUT2D eigenvalue weighted by Gasteiger charge is -2.30. The number of aromatic nitrogens is 3. The van der Waals surface area contributed by atoms with Gasteiger partial charge in [-0.15, -0.1) is 11.3 Å². The lowest BCUT2D eigenvalue weighted by molar-refractivity contribution is 0.747. The highest BCUT2D eigenvalue weighted by atomic mass is 32.1. The zero-order chi connectivity index (χ0) is 33.0. The number of hydrogen-bond acceptors (Lipinski definition) is 5. The second kappa shape index (κ2) is 11.8. The van der Waals surface area contributed by atoms with Gasteiger partial charge >= 0.3 is 0 Å². The highest BCUT2D eigenvalue weighted by Gasteiger charge is 2.38. The van der Waals surface area contributed by atoms with E-state index in [4.69, 9.17) is 15.0 Å². The number of rotatable bonds is 5. The summed E-state index contributed by atoms with van der Waals surface area (Å²) >= 11 is 1.89.